The van der Waals surface area contributed by atoms with Crippen LogP contribution in [-0.2, 0) is 30.3 Å². The van der Waals surface area contributed by atoms with E-state index in [9.17, 15) is 9.59 Å². The van der Waals surface area contributed by atoms with E-state index in [1.807, 2.05) is 61.8 Å². The quantitative estimate of drug-likeness (QED) is 0.160. The fourth-order valence-corrected chi connectivity index (χ4v) is 8.07. The lowest BCUT2D eigenvalue weighted by atomic mass is 9.85. The Morgan fingerprint density at radius 3 is 2.45 bits per heavy atom. The van der Waals surface area contributed by atoms with Crippen molar-refractivity contribution in [3.05, 3.63) is 39.9 Å². The van der Waals surface area contributed by atoms with Crippen molar-refractivity contribution in [3.63, 3.8) is 0 Å². The summed E-state index contributed by atoms with van der Waals surface area (Å²) in [4.78, 5) is 36.7. The van der Waals surface area contributed by atoms with Gasteiger partial charge in [0.15, 0.2) is 5.65 Å². The van der Waals surface area contributed by atoms with E-state index in [-0.39, 0.29) is 23.9 Å². The highest BCUT2D eigenvalue weighted by molar-refractivity contribution is 6.76. The van der Waals surface area contributed by atoms with Gasteiger partial charge in [0.2, 0.25) is 5.95 Å². The van der Waals surface area contributed by atoms with E-state index in [0.717, 1.165) is 53.8 Å². The smallest absolute Gasteiger partial charge is 0.410 e. The largest absolute Gasteiger partial charge is 0.444 e. The molecule has 0 saturated carbocycles. The van der Waals surface area contributed by atoms with Crippen molar-refractivity contribution in [2.75, 3.05) is 31.1 Å². The van der Waals surface area contributed by atoms with E-state index in [1.54, 1.807) is 16.3 Å². The summed E-state index contributed by atoms with van der Waals surface area (Å²) < 4.78 is 17.3. The maximum absolute atomic E-state index is 14.3. The van der Waals surface area contributed by atoms with Crippen LogP contribution in [0.2, 0.25) is 30.7 Å². The van der Waals surface area contributed by atoms with Gasteiger partial charge in [0.25, 0.3) is 5.56 Å². The minimum atomic E-state index is -1.28. The maximum atomic E-state index is 14.3. The third-order valence-corrected chi connectivity index (χ3v) is 11.6. The first-order valence-corrected chi connectivity index (χ1v) is 20.7. The summed E-state index contributed by atoms with van der Waals surface area (Å²) >= 11 is 6.99. The van der Waals surface area contributed by atoms with Gasteiger partial charge in [0.05, 0.1) is 15.9 Å². The molecule has 3 aromatic heterocycles. The number of nitrogens with zero attached hydrogens (tertiary/aromatic N) is 7. The second-order valence-corrected chi connectivity index (χ2v) is 21.4. The number of ether oxygens (including phenoxy) is 2. The van der Waals surface area contributed by atoms with Crippen molar-refractivity contribution >= 4 is 53.7 Å². The number of fused-ring (bicyclic) bond motifs is 2. The van der Waals surface area contributed by atoms with Crippen molar-refractivity contribution in [2.45, 2.75) is 90.0 Å². The molecule has 6 rings (SSSR count). The summed E-state index contributed by atoms with van der Waals surface area (Å²) in [6.45, 7) is 15.7. The molecule has 2 fully saturated rings. The zero-order valence-corrected chi connectivity index (χ0v) is 30.8. The molecule has 11 nitrogen and oxygen atoms in total. The summed E-state index contributed by atoms with van der Waals surface area (Å²) in [6, 6.07) is 4.90. The number of amides is 1. The van der Waals surface area contributed by atoms with Crippen LogP contribution in [0.5, 0.6) is 0 Å². The van der Waals surface area contributed by atoms with E-state index in [0.29, 0.717) is 48.2 Å². The lowest BCUT2D eigenvalue weighted by Gasteiger charge is -2.45. The van der Waals surface area contributed by atoms with Gasteiger partial charge in [-0.05, 0) is 58.6 Å². The molecule has 0 unspecified atom stereocenters. The Labute approximate surface area is 282 Å². The van der Waals surface area contributed by atoms with Crippen LogP contribution in [-0.4, -0.2) is 80.3 Å². The molecule has 0 N–H and O–H groups in total. The van der Waals surface area contributed by atoms with Crippen molar-refractivity contribution in [1.29, 1.82) is 0 Å². The van der Waals surface area contributed by atoms with E-state index >= 15 is 0 Å². The molecule has 1 amide bonds. The lowest BCUT2D eigenvalue weighted by molar-refractivity contribution is 0.00315. The molecule has 2 aliphatic heterocycles. The average Bonchev–Trinajstić information content (AvgIpc) is 3.68. The van der Waals surface area contributed by atoms with Gasteiger partial charge in [-0.2, -0.15) is 10.1 Å². The van der Waals surface area contributed by atoms with Gasteiger partial charge in [-0.25, -0.2) is 4.79 Å². The third kappa shape index (κ3) is 6.56. The highest BCUT2D eigenvalue weighted by Gasteiger charge is 2.47. The molecule has 1 spiro atoms. The number of aromatic nitrogens is 5. The first kappa shape index (κ1) is 33.5. The second-order valence-electron chi connectivity index (χ2n) is 15.4. The summed E-state index contributed by atoms with van der Waals surface area (Å²) in [5.41, 5.74) is 1.93. The van der Waals surface area contributed by atoms with Crippen LogP contribution in [0.1, 0.15) is 46.5 Å². The minimum absolute atomic E-state index is 0.139. The standard InChI is InChI=1S/C34H48ClN7O4Si/c1-33(2,3)46-32(44)42-15-9-12-34(42)13-16-40(17-14-34)31-36-29-27(30(43)39(31)5)24(21-41(29)22-45-18-19-47(6,7)8)23-10-11-26-25(28(23)35)20-38(4)37-26/h10-11,20-21H,9,12-19,22H2,1-8H3. The van der Waals surface area contributed by atoms with Crippen LogP contribution in [0.15, 0.2) is 29.3 Å². The van der Waals surface area contributed by atoms with Gasteiger partial charge in [-0.15, -0.1) is 0 Å². The Hall–Kier alpha value is -3.35. The van der Waals surface area contributed by atoms with Gasteiger partial charge >= 0.3 is 6.09 Å². The molecule has 5 heterocycles. The molecule has 4 aromatic rings. The monoisotopic (exact) mass is 681 g/mol. The topological polar surface area (TPSA) is 99.6 Å². The molecule has 0 bridgehead atoms. The molecule has 0 radical (unpaired) electrons. The molecule has 47 heavy (non-hydrogen) atoms. The van der Waals surface area contributed by atoms with E-state index in [4.69, 9.17) is 26.1 Å². The molecule has 0 atom stereocenters. The number of carbonyl (C=O) groups is 1. The predicted octanol–water partition coefficient (Wildman–Crippen LogP) is 6.62. The number of carbonyl (C=O) groups excluding carboxylic acids is 1. The maximum Gasteiger partial charge on any atom is 0.410 e. The molecule has 1 aromatic carbocycles. The predicted molar refractivity (Wildman–Crippen MR) is 190 cm³/mol. The van der Waals surface area contributed by atoms with E-state index in [1.165, 1.54) is 0 Å². The summed E-state index contributed by atoms with van der Waals surface area (Å²) in [5.74, 6) is 0.612. The van der Waals surface area contributed by atoms with Crippen molar-refractivity contribution < 1.29 is 14.3 Å². The number of hydrogen-bond acceptors (Lipinski definition) is 7. The van der Waals surface area contributed by atoms with Crippen LogP contribution in [0.3, 0.4) is 0 Å². The molecular weight excluding hydrogens is 634 g/mol. The summed E-state index contributed by atoms with van der Waals surface area (Å²) in [5, 5.41) is 6.38. The van der Waals surface area contributed by atoms with Crippen molar-refractivity contribution in [3.8, 4) is 11.1 Å². The van der Waals surface area contributed by atoms with Crippen LogP contribution in [0, 0.1) is 0 Å². The van der Waals surface area contributed by atoms with Gasteiger partial charge in [0.1, 0.15) is 12.3 Å². The number of anilines is 1. The number of rotatable bonds is 7. The summed E-state index contributed by atoms with van der Waals surface area (Å²) in [7, 11) is 2.37. The molecule has 2 aliphatic rings. The zero-order valence-electron chi connectivity index (χ0n) is 29.0. The Morgan fingerprint density at radius 1 is 1.04 bits per heavy atom. The van der Waals surface area contributed by atoms with E-state index in [2.05, 4.69) is 29.6 Å². The molecule has 0 aliphatic carbocycles. The fourth-order valence-electron chi connectivity index (χ4n) is 7.00. The number of likely N-dealkylation sites (tertiary alicyclic amines) is 1. The van der Waals surface area contributed by atoms with Crippen LogP contribution in [0.25, 0.3) is 33.1 Å². The third-order valence-electron chi connectivity index (χ3n) is 9.52. The first-order valence-electron chi connectivity index (χ1n) is 16.6. The SMILES string of the molecule is Cn1cc2c(Cl)c(-c3cn(COCC[Si](C)(C)C)c4nc(N5CCC6(CCCN6C(=O)OC(C)(C)C)CC5)n(C)c(=O)c34)ccc2n1. The van der Waals surface area contributed by atoms with Crippen molar-refractivity contribution in [2.24, 2.45) is 14.1 Å². The number of benzene rings is 1. The van der Waals surface area contributed by atoms with Gasteiger partial charge in [-0.3, -0.25) is 14.0 Å². The number of hydrogen-bond donors (Lipinski definition) is 0. The Balaban J connectivity index is 1.35. The van der Waals surface area contributed by atoms with Gasteiger partial charge in [0, 0.05) is 82.9 Å². The van der Waals surface area contributed by atoms with Gasteiger partial charge < -0.3 is 23.8 Å². The Kier molecular flexibility index (Phi) is 8.76. The highest BCUT2D eigenvalue weighted by atomic mass is 35.5. The van der Waals surface area contributed by atoms with Crippen LogP contribution < -0.4 is 10.5 Å². The average molecular weight is 682 g/mol. The summed E-state index contributed by atoms with van der Waals surface area (Å²) in [6.07, 6.45) is 7.09. The Bertz CT molecular complexity index is 1880. The zero-order chi connectivity index (χ0) is 33.9. The van der Waals surface area contributed by atoms with E-state index < -0.39 is 13.7 Å². The highest BCUT2D eigenvalue weighted by Crippen LogP contribution is 2.41. The normalized spacial score (nSPS) is 17.0. The lowest BCUT2D eigenvalue weighted by Crippen LogP contribution is -2.55. The number of halogens is 1. The first-order chi connectivity index (χ1) is 22.1. The molecule has 254 valence electrons. The number of piperidine rings is 1. The Morgan fingerprint density at radius 2 is 1.77 bits per heavy atom. The van der Waals surface area contributed by atoms with Crippen molar-refractivity contribution in [1.82, 2.24) is 28.8 Å². The van der Waals surface area contributed by atoms with Gasteiger partial charge in [-0.1, -0.05) is 37.3 Å². The fraction of sp³-hybridized carbons (Fsp3) is 0.588. The second kappa shape index (κ2) is 12.3. The molecular formula is C34H48ClN7O4Si. The number of aryl methyl sites for hydroxylation is 1. The minimum Gasteiger partial charge on any atom is -0.444 e. The molecule has 2 saturated heterocycles. The van der Waals surface area contributed by atoms with Crippen LogP contribution in [0.4, 0.5) is 10.7 Å². The molecule has 13 heteroatoms. The van der Waals surface area contributed by atoms with Crippen LogP contribution >= 0.6 is 11.6 Å².